The van der Waals surface area contributed by atoms with Gasteiger partial charge in [-0.1, -0.05) is 29.5 Å². The van der Waals surface area contributed by atoms with E-state index in [4.69, 9.17) is 4.74 Å². The van der Waals surface area contributed by atoms with E-state index in [0.29, 0.717) is 17.0 Å². The highest BCUT2D eigenvalue weighted by Gasteiger charge is 2.19. The molecule has 0 aliphatic heterocycles. The largest absolute Gasteiger partial charge is 0.497 e. The molecule has 0 spiro atoms. The lowest BCUT2D eigenvalue weighted by atomic mass is 10.1. The second kappa shape index (κ2) is 10.5. The maximum Gasteiger partial charge on any atom is 0.255 e. The minimum absolute atomic E-state index is 0.0586. The number of thioether (sulfide) groups is 1. The van der Waals surface area contributed by atoms with Gasteiger partial charge < -0.3 is 15.4 Å². The molecule has 0 aliphatic rings. The predicted octanol–water partition coefficient (Wildman–Crippen LogP) is 6.60. The highest BCUT2D eigenvalue weighted by Crippen LogP contribution is 2.34. The van der Waals surface area contributed by atoms with E-state index in [1.165, 1.54) is 28.7 Å². The summed E-state index contributed by atoms with van der Waals surface area (Å²) in [4.78, 5) is 30.1. The monoisotopic (exact) mass is 505 g/mol. The Kier molecular flexibility index (Phi) is 7.42. The lowest BCUT2D eigenvalue weighted by Gasteiger charge is -2.15. The van der Waals surface area contributed by atoms with Crippen molar-refractivity contribution in [1.29, 1.82) is 0 Å². The molecule has 6 nitrogen and oxygen atoms in total. The lowest BCUT2D eigenvalue weighted by Crippen LogP contribution is -2.23. The van der Waals surface area contributed by atoms with Gasteiger partial charge in [0.15, 0.2) is 4.34 Å². The molecule has 2 amide bonds. The third-order valence-electron chi connectivity index (χ3n) is 5.55. The third kappa shape index (κ3) is 5.83. The number of fused-ring (bicyclic) bond motifs is 1. The summed E-state index contributed by atoms with van der Waals surface area (Å²) in [5.74, 6) is 0.444. The van der Waals surface area contributed by atoms with Gasteiger partial charge in [0.1, 0.15) is 5.75 Å². The van der Waals surface area contributed by atoms with Crippen LogP contribution in [0.4, 0.5) is 11.4 Å². The molecule has 1 atom stereocenters. The first-order valence-corrected chi connectivity index (χ1v) is 12.8. The molecule has 1 heterocycles. The molecule has 1 aromatic heterocycles. The molecular weight excluding hydrogens is 478 g/mol. The number of nitrogens with zero attached hydrogens (tertiary/aromatic N) is 1. The van der Waals surface area contributed by atoms with E-state index in [1.54, 1.807) is 31.4 Å². The normalized spacial score (nSPS) is 11.8. The maximum absolute atomic E-state index is 12.9. The van der Waals surface area contributed by atoms with Crippen molar-refractivity contribution in [2.75, 3.05) is 17.7 Å². The molecule has 8 heteroatoms. The highest BCUT2D eigenvalue weighted by molar-refractivity contribution is 8.02. The Labute approximate surface area is 213 Å². The van der Waals surface area contributed by atoms with Gasteiger partial charge >= 0.3 is 0 Å². The molecule has 0 bridgehead atoms. The summed E-state index contributed by atoms with van der Waals surface area (Å²) in [6.45, 7) is 7.94. The molecule has 0 radical (unpaired) electrons. The van der Waals surface area contributed by atoms with Crippen molar-refractivity contribution in [1.82, 2.24) is 4.98 Å². The van der Waals surface area contributed by atoms with E-state index in [-0.39, 0.29) is 17.1 Å². The van der Waals surface area contributed by atoms with Crippen molar-refractivity contribution in [3.8, 4) is 5.75 Å². The van der Waals surface area contributed by atoms with Crippen LogP contribution in [-0.4, -0.2) is 29.2 Å². The number of hydrogen-bond acceptors (Lipinski definition) is 6. The SMILES string of the molecule is COc1ccc(C(=O)Nc2ccc3nc(S[C@H](C)C(=O)Nc4c(C)cc(C)cc4C)sc3c2)cc1. The Morgan fingerprint density at radius 3 is 2.31 bits per heavy atom. The first-order chi connectivity index (χ1) is 16.7. The van der Waals surface area contributed by atoms with Crippen LogP contribution in [0.15, 0.2) is 58.9 Å². The Bertz CT molecular complexity index is 1370. The van der Waals surface area contributed by atoms with Gasteiger partial charge in [0.25, 0.3) is 5.91 Å². The van der Waals surface area contributed by atoms with Crippen molar-refractivity contribution in [3.05, 3.63) is 76.9 Å². The number of aromatic nitrogens is 1. The topological polar surface area (TPSA) is 80.3 Å². The summed E-state index contributed by atoms with van der Waals surface area (Å²) in [6, 6.07) is 16.7. The van der Waals surface area contributed by atoms with Crippen LogP contribution in [0.5, 0.6) is 5.75 Å². The third-order valence-corrected chi connectivity index (χ3v) is 7.76. The zero-order valence-electron chi connectivity index (χ0n) is 20.3. The maximum atomic E-state index is 12.9. The van der Waals surface area contributed by atoms with E-state index >= 15 is 0 Å². The zero-order chi connectivity index (χ0) is 25.1. The Morgan fingerprint density at radius 1 is 0.971 bits per heavy atom. The standard InChI is InChI=1S/C27H27N3O3S2/c1-15-12-16(2)24(17(3)13-15)30-25(31)18(4)34-27-29-22-11-8-20(14-23(22)35-27)28-26(32)19-6-9-21(33-5)10-7-19/h6-14,18H,1-5H3,(H,28,32)(H,30,31)/t18-/m1/s1. The van der Waals surface area contributed by atoms with Crippen molar-refractivity contribution in [2.24, 2.45) is 0 Å². The van der Waals surface area contributed by atoms with Gasteiger partial charge in [0.05, 0.1) is 22.6 Å². The fraction of sp³-hybridized carbons (Fsp3) is 0.222. The molecule has 180 valence electrons. The number of methoxy groups -OCH3 is 1. The number of ether oxygens (including phenoxy) is 1. The van der Waals surface area contributed by atoms with E-state index < -0.39 is 0 Å². The van der Waals surface area contributed by atoms with E-state index in [0.717, 1.165) is 31.4 Å². The molecular formula is C27H27N3O3S2. The summed E-state index contributed by atoms with van der Waals surface area (Å²) >= 11 is 2.93. The number of thiazole rings is 1. The fourth-order valence-electron chi connectivity index (χ4n) is 3.78. The number of nitrogens with one attached hydrogen (secondary N) is 2. The molecule has 0 saturated carbocycles. The molecule has 2 N–H and O–H groups in total. The second-order valence-corrected chi connectivity index (χ2v) is 11.0. The van der Waals surface area contributed by atoms with E-state index in [9.17, 15) is 9.59 Å². The van der Waals surface area contributed by atoms with Gasteiger partial charge in [-0.05, 0) is 81.3 Å². The van der Waals surface area contributed by atoms with E-state index in [1.807, 2.05) is 45.9 Å². The van der Waals surface area contributed by atoms with Gasteiger partial charge in [0.2, 0.25) is 5.91 Å². The van der Waals surface area contributed by atoms with Gasteiger partial charge in [-0.3, -0.25) is 9.59 Å². The van der Waals surface area contributed by atoms with Crippen molar-refractivity contribution >= 4 is 56.5 Å². The molecule has 4 aromatic rings. The zero-order valence-corrected chi connectivity index (χ0v) is 21.9. The summed E-state index contributed by atoms with van der Waals surface area (Å²) in [7, 11) is 1.59. The smallest absolute Gasteiger partial charge is 0.255 e. The number of amides is 2. The van der Waals surface area contributed by atoms with Crippen LogP contribution in [-0.2, 0) is 4.79 Å². The molecule has 0 saturated heterocycles. The van der Waals surface area contributed by atoms with Crippen molar-refractivity contribution in [2.45, 2.75) is 37.3 Å². The number of rotatable bonds is 7. The Balaban J connectivity index is 1.43. The minimum Gasteiger partial charge on any atom is -0.497 e. The van der Waals surface area contributed by atoms with Crippen LogP contribution < -0.4 is 15.4 Å². The number of benzene rings is 3. The molecule has 3 aromatic carbocycles. The van der Waals surface area contributed by atoms with Gasteiger partial charge in [-0.15, -0.1) is 11.3 Å². The fourth-order valence-corrected chi connectivity index (χ4v) is 6.03. The van der Waals surface area contributed by atoms with Crippen LogP contribution in [0.25, 0.3) is 10.2 Å². The quantitative estimate of drug-likeness (QED) is 0.277. The first-order valence-electron chi connectivity index (χ1n) is 11.1. The summed E-state index contributed by atoms with van der Waals surface area (Å²) in [6.07, 6.45) is 0. The van der Waals surface area contributed by atoms with Gasteiger partial charge in [-0.25, -0.2) is 4.98 Å². The van der Waals surface area contributed by atoms with Crippen LogP contribution >= 0.6 is 23.1 Å². The van der Waals surface area contributed by atoms with Crippen LogP contribution in [0.2, 0.25) is 0 Å². The van der Waals surface area contributed by atoms with Gasteiger partial charge in [-0.2, -0.15) is 0 Å². The number of anilines is 2. The molecule has 35 heavy (non-hydrogen) atoms. The minimum atomic E-state index is -0.315. The average Bonchev–Trinajstić information content (AvgIpc) is 3.22. The summed E-state index contributed by atoms with van der Waals surface area (Å²) < 4.78 is 6.89. The summed E-state index contributed by atoms with van der Waals surface area (Å²) in [5, 5.41) is 5.69. The van der Waals surface area contributed by atoms with Crippen molar-refractivity contribution in [3.63, 3.8) is 0 Å². The van der Waals surface area contributed by atoms with E-state index in [2.05, 4.69) is 27.8 Å². The van der Waals surface area contributed by atoms with Crippen LogP contribution in [0.1, 0.15) is 34.0 Å². The van der Waals surface area contributed by atoms with Crippen LogP contribution in [0, 0.1) is 20.8 Å². The second-order valence-electron chi connectivity index (χ2n) is 8.37. The Hall–Kier alpha value is -3.36. The van der Waals surface area contributed by atoms with Gasteiger partial charge in [0, 0.05) is 16.9 Å². The Morgan fingerprint density at radius 2 is 1.66 bits per heavy atom. The molecule has 0 fully saturated rings. The average molecular weight is 506 g/mol. The predicted molar refractivity (Wildman–Crippen MR) is 145 cm³/mol. The molecule has 0 aliphatic carbocycles. The molecule has 4 rings (SSSR count). The molecule has 0 unspecified atom stereocenters. The van der Waals surface area contributed by atoms with Crippen LogP contribution in [0.3, 0.4) is 0 Å². The summed E-state index contributed by atoms with van der Waals surface area (Å²) in [5.41, 5.74) is 6.22. The number of carbonyl (C=O) groups excluding carboxylic acids is 2. The first kappa shape index (κ1) is 24.8. The lowest BCUT2D eigenvalue weighted by molar-refractivity contribution is -0.115. The highest BCUT2D eigenvalue weighted by atomic mass is 32.2. The number of carbonyl (C=O) groups is 2. The number of hydrogen-bond donors (Lipinski definition) is 2. The van der Waals surface area contributed by atoms with Crippen molar-refractivity contribution < 1.29 is 14.3 Å². The number of aryl methyl sites for hydroxylation is 3.